The van der Waals surface area contributed by atoms with Crippen LogP contribution in [0.3, 0.4) is 0 Å². The molecule has 0 aliphatic rings. The van der Waals surface area contributed by atoms with Crippen LogP contribution in [0.5, 0.6) is 0 Å². The predicted octanol–water partition coefficient (Wildman–Crippen LogP) is 2.06. The molecule has 0 bridgehead atoms. The summed E-state index contributed by atoms with van der Waals surface area (Å²) in [6.07, 6.45) is 0. The molecular formula is C10H10IN3O. The second-order valence-electron chi connectivity index (χ2n) is 3.04. The van der Waals surface area contributed by atoms with Crippen LogP contribution in [0.2, 0.25) is 0 Å². The topological polar surface area (TPSA) is 51.0 Å². The molecule has 1 heterocycles. The minimum absolute atomic E-state index is 0.566. The van der Waals surface area contributed by atoms with Gasteiger partial charge >= 0.3 is 0 Å². The molecule has 2 rings (SSSR count). The molecule has 0 unspecified atom stereocenters. The van der Waals surface area contributed by atoms with Gasteiger partial charge in [-0.2, -0.15) is 0 Å². The third kappa shape index (κ3) is 2.54. The highest BCUT2D eigenvalue weighted by atomic mass is 127. The zero-order valence-electron chi connectivity index (χ0n) is 8.20. The number of benzene rings is 1. The zero-order valence-corrected chi connectivity index (χ0v) is 10.4. The van der Waals surface area contributed by atoms with E-state index in [1.807, 2.05) is 31.3 Å². The van der Waals surface area contributed by atoms with Gasteiger partial charge in [-0.3, -0.25) is 0 Å². The fourth-order valence-corrected chi connectivity index (χ4v) is 1.54. The largest absolute Gasteiger partial charge is 0.419 e. The molecule has 0 fully saturated rings. The van der Waals surface area contributed by atoms with Crippen LogP contribution in [-0.2, 0) is 6.54 Å². The van der Waals surface area contributed by atoms with Crippen molar-refractivity contribution in [2.75, 3.05) is 7.05 Å². The number of nitrogens with zero attached hydrogens (tertiary/aromatic N) is 2. The summed E-state index contributed by atoms with van der Waals surface area (Å²) in [5.41, 5.74) is 0.949. The van der Waals surface area contributed by atoms with E-state index in [2.05, 4.69) is 38.1 Å². The van der Waals surface area contributed by atoms with Gasteiger partial charge in [0.2, 0.25) is 11.8 Å². The summed E-state index contributed by atoms with van der Waals surface area (Å²) < 4.78 is 6.65. The Labute approximate surface area is 101 Å². The maximum atomic E-state index is 5.46. The van der Waals surface area contributed by atoms with E-state index in [1.165, 1.54) is 3.57 Å². The Hall–Kier alpha value is -0.950. The van der Waals surface area contributed by atoms with E-state index in [9.17, 15) is 0 Å². The Balaban J connectivity index is 2.25. The summed E-state index contributed by atoms with van der Waals surface area (Å²) in [6, 6.07) is 7.96. The maximum absolute atomic E-state index is 5.46. The summed E-state index contributed by atoms with van der Waals surface area (Å²) >= 11 is 2.26. The van der Waals surface area contributed by atoms with Gasteiger partial charge in [-0.25, -0.2) is 0 Å². The lowest BCUT2D eigenvalue weighted by atomic mass is 10.2. The lowest BCUT2D eigenvalue weighted by Crippen LogP contribution is -2.04. The highest BCUT2D eigenvalue weighted by Gasteiger charge is 2.06. The maximum Gasteiger partial charge on any atom is 0.247 e. The van der Waals surface area contributed by atoms with Gasteiger partial charge in [0.25, 0.3) is 0 Å². The molecule has 4 nitrogen and oxygen atoms in total. The van der Waals surface area contributed by atoms with Crippen molar-refractivity contribution in [3.8, 4) is 11.5 Å². The second kappa shape index (κ2) is 4.71. The molecule has 2 aromatic rings. The third-order valence-electron chi connectivity index (χ3n) is 1.89. The van der Waals surface area contributed by atoms with Gasteiger partial charge in [-0.05, 0) is 53.9 Å². The SMILES string of the molecule is CNCc1nnc(-c2ccc(I)cc2)o1. The number of hydrogen-bond donors (Lipinski definition) is 1. The standard InChI is InChI=1S/C10H10IN3O/c1-12-6-9-13-14-10(15-9)7-2-4-8(11)5-3-7/h2-5,12H,6H2,1H3. The van der Waals surface area contributed by atoms with E-state index >= 15 is 0 Å². The van der Waals surface area contributed by atoms with E-state index in [4.69, 9.17) is 4.42 Å². The fourth-order valence-electron chi connectivity index (χ4n) is 1.19. The summed E-state index contributed by atoms with van der Waals surface area (Å²) in [5.74, 6) is 1.17. The Morgan fingerprint density at radius 3 is 2.67 bits per heavy atom. The van der Waals surface area contributed by atoms with Crippen molar-refractivity contribution in [3.63, 3.8) is 0 Å². The normalized spacial score (nSPS) is 10.5. The zero-order chi connectivity index (χ0) is 10.7. The second-order valence-corrected chi connectivity index (χ2v) is 4.28. The average molecular weight is 315 g/mol. The van der Waals surface area contributed by atoms with Gasteiger partial charge in [0, 0.05) is 9.13 Å². The highest BCUT2D eigenvalue weighted by Crippen LogP contribution is 2.18. The van der Waals surface area contributed by atoms with Gasteiger partial charge in [-0.1, -0.05) is 0 Å². The molecule has 0 amide bonds. The van der Waals surface area contributed by atoms with Crippen molar-refractivity contribution in [3.05, 3.63) is 33.7 Å². The summed E-state index contributed by atoms with van der Waals surface area (Å²) in [5, 5.41) is 10.9. The van der Waals surface area contributed by atoms with Crippen LogP contribution >= 0.6 is 22.6 Å². The van der Waals surface area contributed by atoms with Crippen molar-refractivity contribution in [1.29, 1.82) is 0 Å². The average Bonchev–Trinajstić information content (AvgIpc) is 2.68. The van der Waals surface area contributed by atoms with Gasteiger partial charge in [-0.15, -0.1) is 10.2 Å². The molecule has 0 spiro atoms. The van der Waals surface area contributed by atoms with Crippen LogP contribution in [0.25, 0.3) is 11.5 Å². The molecule has 0 aliphatic carbocycles. The Kier molecular flexibility index (Phi) is 3.32. The number of rotatable bonds is 3. The molecule has 0 saturated heterocycles. The monoisotopic (exact) mass is 315 g/mol. The molecular weight excluding hydrogens is 305 g/mol. The first-order chi connectivity index (χ1) is 7.29. The van der Waals surface area contributed by atoms with Crippen molar-refractivity contribution in [2.24, 2.45) is 0 Å². The molecule has 0 atom stereocenters. The van der Waals surface area contributed by atoms with Crippen LogP contribution in [-0.4, -0.2) is 17.2 Å². The van der Waals surface area contributed by atoms with E-state index in [0.29, 0.717) is 18.3 Å². The van der Waals surface area contributed by atoms with E-state index in [-0.39, 0.29) is 0 Å². The van der Waals surface area contributed by atoms with Gasteiger partial charge < -0.3 is 9.73 Å². The molecule has 0 aliphatic heterocycles. The van der Waals surface area contributed by atoms with E-state index < -0.39 is 0 Å². The molecule has 0 saturated carbocycles. The lowest BCUT2D eigenvalue weighted by Gasteiger charge is -1.94. The molecule has 78 valence electrons. The first-order valence-corrected chi connectivity index (χ1v) is 5.60. The van der Waals surface area contributed by atoms with Gasteiger partial charge in [0.15, 0.2) is 0 Å². The van der Waals surface area contributed by atoms with Crippen LogP contribution < -0.4 is 5.32 Å². The van der Waals surface area contributed by atoms with Crippen LogP contribution in [0, 0.1) is 3.57 Å². The van der Waals surface area contributed by atoms with Crippen molar-refractivity contribution in [2.45, 2.75) is 6.54 Å². The minimum Gasteiger partial charge on any atom is -0.419 e. The first-order valence-electron chi connectivity index (χ1n) is 4.52. The molecule has 15 heavy (non-hydrogen) atoms. The van der Waals surface area contributed by atoms with Crippen LogP contribution in [0.1, 0.15) is 5.89 Å². The minimum atomic E-state index is 0.566. The van der Waals surface area contributed by atoms with Crippen molar-refractivity contribution >= 4 is 22.6 Å². The summed E-state index contributed by atoms with van der Waals surface area (Å²) in [7, 11) is 1.84. The van der Waals surface area contributed by atoms with Crippen molar-refractivity contribution < 1.29 is 4.42 Å². The number of halogens is 1. The van der Waals surface area contributed by atoms with Crippen molar-refractivity contribution in [1.82, 2.24) is 15.5 Å². The van der Waals surface area contributed by atoms with Crippen LogP contribution in [0.4, 0.5) is 0 Å². The number of nitrogens with one attached hydrogen (secondary N) is 1. The molecule has 5 heteroatoms. The fraction of sp³-hybridized carbons (Fsp3) is 0.200. The highest BCUT2D eigenvalue weighted by molar-refractivity contribution is 14.1. The molecule has 1 aromatic carbocycles. The number of hydrogen-bond acceptors (Lipinski definition) is 4. The lowest BCUT2D eigenvalue weighted by molar-refractivity contribution is 0.490. The van der Waals surface area contributed by atoms with Gasteiger partial charge in [0.05, 0.1) is 6.54 Å². The predicted molar refractivity (Wildman–Crippen MR) is 65.2 cm³/mol. The van der Waals surface area contributed by atoms with E-state index in [0.717, 1.165) is 5.56 Å². The first kappa shape index (κ1) is 10.6. The summed E-state index contributed by atoms with van der Waals surface area (Å²) in [4.78, 5) is 0. The smallest absolute Gasteiger partial charge is 0.247 e. The quantitative estimate of drug-likeness (QED) is 0.881. The van der Waals surface area contributed by atoms with Gasteiger partial charge in [0.1, 0.15) is 0 Å². The molecule has 1 aromatic heterocycles. The van der Waals surface area contributed by atoms with E-state index in [1.54, 1.807) is 0 Å². The summed E-state index contributed by atoms with van der Waals surface area (Å²) in [6.45, 7) is 0.595. The van der Waals surface area contributed by atoms with Crippen LogP contribution in [0.15, 0.2) is 28.7 Å². The molecule has 0 radical (unpaired) electrons. The molecule has 1 N–H and O–H groups in total. The Bertz CT molecular complexity index is 438. The Morgan fingerprint density at radius 2 is 2.00 bits per heavy atom. The Morgan fingerprint density at radius 1 is 1.27 bits per heavy atom. The third-order valence-corrected chi connectivity index (χ3v) is 2.61. The number of aromatic nitrogens is 2.